The third-order valence-electron chi connectivity index (χ3n) is 12.6. The van der Waals surface area contributed by atoms with Crippen molar-refractivity contribution in [3.05, 3.63) is 114 Å². The second-order valence-electron chi connectivity index (χ2n) is 17.2. The molecule has 4 aromatic carbocycles. The van der Waals surface area contributed by atoms with Crippen LogP contribution < -0.4 is 35.2 Å². The smallest absolute Gasteiger partial charge is 0.320 e. The first-order chi connectivity index (χ1) is 35.5. The summed E-state index contributed by atoms with van der Waals surface area (Å²) in [7, 11) is 2.93. The Morgan fingerprint density at radius 1 is 0.707 bits per heavy atom. The predicted octanol–water partition coefficient (Wildman–Crippen LogP) is 7.71. The number of carbonyl (C=O) groups is 8. The molecular weight excluding hydrogens is 1120 g/mol. The van der Waals surface area contributed by atoms with Gasteiger partial charge in [-0.2, -0.15) is 0 Å². The number of nitrogens with zero attached hydrogens (tertiary/aromatic N) is 3. The van der Waals surface area contributed by atoms with Crippen molar-refractivity contribution in [2.75, 3.05) is 54.3 Å². The number of methoxy groups -OCH3 is 2. The zero-order valence-corrected chi connectivity index (χ0v) is 43.8. The van der Waals surface area contributed by atoms with Gasteiger partial charge in [-0.3, -0.25) is 43.3 Å². The first-order valence-electron chi connectivity index (χ1n) is 22.4. The average Bonchev–Trinajstić information content (AvgIpc) is 4.24. The molecule has 5 N–H and O–H groups in total. The van der Waals surface area contributed by atoms with Gasteiger partial charge in [-0.05, 0) is 61.9 Å². The van der Waals surface area contributed by atoms with Crippen molar-refractivity contribution in [1.82, 2.24) is 10.2 Å². The largest absolute Gasteiger partial charge is 0.497 e. The van der Waals surface area contributed by atoms with Crippen LogP contribution in [0.1, 0.15) is 35.7 Å². The van der Waals surface area contributed by atoms with Crippen molar-refractivity contribution >= 4 is 140 Å². The number of ether oxygens (including phenoxy) is 2. The van der Waals surface area contributed by atoms with E-state index in [0.717, 1.165) is 9.80 Å². The average molecular weight is 1160 g/mol. The van der Waals surface area contributed by atoms with E-state index in [2.05, 4.69) is 16.0 Å². The lowest BCUT2D eigenvalue weighted by molar-refractivity contribution is -0.139. The molecule has 0 bridgehead atoms. The Morgan fingerprint density at radius 3 is 1.76 bits per heavy atom. The van der Waals surface area contributed by atoms with Crippen LogP contribution >= 0.6 is 69.6 Å². The Hall–Kier alpha value is -5.94. The highest BCUT2D eigenvalue weighted by molar-refractivity contribution is 6.54. The van der Waals surface area contributed by atoms with Crippen LogP contribution in [-0.4, -0.2) is 121 Å². The van der Waals surface area contributed by atoms with Crippen molar-refractivity contribution in [3.63, 3.8) is 0 Å². The summed E-state index contributed by atoms with van der Waals surface area (Å²) in [6, 6.07) is 13.9. The number of carbonyl (C=O) groups excluding carboxylic acids is 7. The van der Waals surface area contributed by atoms with E-state index in [1.807, 2.05) is 0 Å². The fraction of sp³-hybridized carbons (Fsp3) is 0.306. The van der Waals surface area contributed by atoms with E-state index in [1.54, 1.807) is 36.1 Å². The molecule has 0 saturated carbocycles. The lowest BCUT2D eigenvalue weighted by Crippen LogP contribution is -2.54. The van der Waals surface area contributed by atoms with Gasteiger partial charge in [0.05, 0.1) is 64.4 Å². The van der Waals surface area contributed by atoms with E-state index in [0.29, 0.717) is 44.2 Å². The molecule has 396 valence electrons. The number of aliphatic hydroxyl groups excluding tert-OH is 1. The van der Waals surface area contributed by atoms with E-state index in [1.165, 1.54) is 62.8 Å². The van der Waals surface area contributed by atoms with Crippen LogP contribution in [0.4, 0.5) is 31.5 Å². The molecule has 4 unspecified atom stereocenters. The number of rotatable bonds is 5. The van der Waals surface area contributed by atoms with Crippen LogP contribution in [0.15, 0.2) is 72.8 Å². The molecule has 4 aromatic rings. The molecule has 4 fully saturated rings. The number of halogens is 8. The number of fused-ring (bicyclic) bond motifs is 8. The Labute approximate surface area is 455 Å². The molecular formula is C49H42Cl6F2N6O12. The zero-order chi connectivity index (χ0) is 55.0. The fourth-order valence-electron chi connectivity index (χ4n) is 9.73. The molecule has 7 atom stereocenters. The van der Waals surface area contributed by atoms with Crippen molar-refractivity contribution in [3.8, 4) is 11.5 Å². The Kier molecular flexibility index (Phi) is 17.5. The number of anilines is 4. The van der Waals surface area contributed by atoms with E-state index in [-0.39, 0.29) is 75.7 Å². The molecule has 0 radical (unpaired) electrons. The number of amides is 6. The molecule has 6 amide bonds. The first-order valence-corrected chi connectivity index (χ1v) is 24.7. The highest BCUT2D eigenvalue weighted by Gasteiger charge is 2.76. The van der Waals surface area contributed by atoms with Crippen LogP contribution in [-0.2, 0) is 39.1 Å². The topological polar surface area (TPSA) is 241 Å². The van der Waals surface area contributed by atoms with Gasteiger partial charge in [0.25, 0.3) is 29.4 Å². The van der Waals surface area contributed by atoms with Crippen molar-refractivity contribution < 1.29 is 66.8 Å². The number of ketones is 1. The second-order valence-corrected chi connectivity index (χ2v) is 19.7. The summed E-state index contributed by atoms with van der Waals surface area (Å²) in [4.78, 5) is 100. The standard InChI is InChI=1S/C23H17Cl3FN3O4.C11H8ClNO3.C8H3Cl2NO2.C5H8FNO2.C2H6O/c1-34-13-3-9(24)2-12(7-13)30-20(31)17-16-6-11(27)8-29(16)23(18(17)21(30)32)14-4-10(25)5-15(26)19(14)28-22(23)33;1-16-9-5-7(12)4-8(6-9)13-10(14)2-3-11(13)15;9-3-1-4-6(5(10)2-3)11-8(13)7(4)12;6-3-1-4(5(8)9)7-2-3;1-2-3/h2-5,7,11,16-18H,6,8H2,1H3,(H,28,33);2-6H,1H3;1-2H,(H,11,12,13);3-4,7H,1-2H2,(H,8,9);3H,2H2,1H3/t11-,16?,17?,18?,23?;;;3-,4-;/m0..0./s1. The van der Waals surface area contributed by atoms with Gasteiger partial charge in [-0.25, -0.2) is 18.6 Å². The normalized spacial score (nSPS) is 24.5. The number of aliphatic hydroxyl groups is 1. The van der Waals surface area contributed by atoms with Crippen LogP contribution in [0.5, 0.6) is 11.5 Å². The van der Waals surface area contributed by atoms with Crippen LogP contribution in [0.3, 0.4) is 0 Å². The van der Waals surface area contributed by atoms with Gasteiger partial charge in [-0.15, -0.1) is 0 Å². The molecule has 7 heterocycles. The lowest BCUT2D eigenvalue weighted by atomic mass is 9.75. The number of benzene rings is 4. The molecule has 0 aromatic heterocycles. The second kappa shape index (κ2) is 23.1. The Balaban J connectivity index is 0.000000165. The number of imide groups is 2. The molecule has 0 aliphatic carbocycles. The number of hydrogen-bond acceptors (Lipinski definition) is 13. The van der Waals surface area contributed by atoms with Gasteiger partial charge in [0.1, 0.15) is 35.4 Å². The van der Waals surface area contributed by atoms with Gasteiger partial charge in [0.15, 0.2) is 0 Å². The maximum absolute atomic E-state index is 14.7. The molecule has 4 saturated heterocycles. The maximum atomic E-state index is 14.7. The van der Waals surface area contributed by atoms with E-state index < -0.39 is 77.2 Å². The molecule has 1 spiro atoms. The molecule has 7 aliphatic heterocycles. The summed E-state index contributed by atoms with van der Waals surface area (Å²) in [6.45, 7) is 2.02. The van der Waals surface area contributed by atoms with Gasteiger partial charge in [-0.1, -0.05) is 69.6 Å². The van der Waals surface area contributed by atoms with Crippen LogP contribution in [0, 0.1) is 11.8 Å². The molecule has 7 aliphatic rings. The fourth-order valence-corrected chi connectivity index (χ4v) is 11.3. The summed E-state index contributed by atoms with van der Waals surface area (Å²) in [6.07, 6.45) is 0.343. The van der Waals surface area contributed by atoms with Crippen LogP contribution in [0.2, 0.25) is 30.1 Å². The summed E-state index contributed by atoms with van der Waals surface area (Å²) >= 11 is 36.1. The Morgan fingerprint density at radius 2 is 1.24 bits per heavy atom. The summed E-state index contributed by atoms with van der Waals surface area (Å²) in [5.74, 6) is -5.73. The summed E-state index contributed by atoms with van der Waals surface area (Å²) < 4.78 is 37.2. The quantitative estimate of drug-likeness (QED) is 0.0950. The summed E-state index contributed by atoms with van der Waals surface area (Å²) in [5.41, 5.74) is 0.319. The number of carboxylic acid groups (broad SMARTS) is 1. The highest BCUT2D eigenvalue weighted by Crippen LogP contribution is 2.62. The monoisotopic (exact) mass is 1150 g/mol. The zero-order valence-electron chi connectivity index (χ0n) is 39.3. The van der Waals surface area contributed by atoms with Crippen molar-refractivity contribution in [1.29, 1.82) is 0 Å². The van der Waals surface area contributed by atoms with E-state index in [4.69, 9.17) is 89.3 Å². The number of carboxylic acids is 1. The molecule has 26 heteroatoms. The number of Topliss-reactive ketones (excluding diaryl/α,β-unsaturated/α-hetero) is 1. The molecule has 75 heavy (non-hydrogen) atoms. The number of hydrogen-bond donors (Lipinski definition) is 5. The van der Waals surface area contributed by atoms with Gasteiger partial charge in [0.2, 0.25) is 11.8 Å². The third-order valence-corrected chi connectivity index (χ3v) is 14.1. The third kappa shape index (κ3) is 11.0. The van der Waals surface area contributed by atoms with Gasteiger partial charge < -0.3 is 35.6 Å². The van der Waals surface area contributed by atoms with Crippen LogP contribution in [0.25, 0.3) is 0 Å². The minimum absolute atomic E-state index is 0.0333. The SMILES string of the molecule is CCO.COc1cc(Cl)cc(N2C(=O)C3C4C[C@H](F)CN4C4(C(=O)Nc5c(Cl)cc(Cl)cc54)C3C2=O)c1.COc1cc(Cl)cc(N2C(=O)C=CC2=O)c1.O=C(O)[C@@H]1C[C@H](F)CN1.O=C1Nc2c(Cl)cc(Cl)cc2C1=O. The van der Waals surface area contributed by atoms with Gasteiger partial charge >= 0.3 is 5.97 Å². The number of aliphatic carboxylic acids is 1. The molecule has 11 rings (SSSR count). The van der Waals surface area contributed by atoms with Crippen molar-refractivity contribution in [2.24, 2.45) is 11.8 Å². The minimum Gasteiger partial charge on any atom is -0.497 e. The number of alkyl halides is 2. The Bertz CT molecular complexity index is 3060. The predicted molar refractivity (Wildman–Crippen MR) is 275 cm³/mol. The highest BCUT2D eigenvalue weighted by atomic mass is 35.5. The van der Waals surface area contributed by atoms with E-state index in [9.17, 15) is 47.1 Å². The molecule has 18 nitrogen and oxygen atoms in total. The van der Waals surface area contributed by atoms with Gasteiger partial charge in [0, 0.05) is 82.1 Å². The minimum atomic E-state index is -1.61. The van der Waals surface area contributed by atoms with Crippen molar-refractivity contribution in [2.45, 2.75) is 49.7 Å². The lowest BCUT2D eigenvalue weighted by Gasteiger charge is -2.36. The van der Waals surface area contributed by atoms with E-state index >= 15 is 0 Å². The summed E-state index contributed by atoms with van der Waals surface area (Å²) in [5, 5.41) is 25.3. The maximum Gasteiger partial charge on any atom is 0.320 e. The number of nitrogens with one attached hydrogen (secondary N) is 3. The first kappa shape index (κ1) is 56.8.